The lowest BCUT2D eigenvalue weighted by Crippen LogP contribution is -2.01. The Hall–Kier alpha value is -2.01. The topological polar surface area (TPSA) is 75.4 Å². The first-order valence-corrected chi connectivity index (χ1v) is 5.63. The first-order valence-electron chi connectivity index (χ1n) is 5.25. The predicted octanol–water partition coefficient (Wildman–Crippen LogP) is 2.95. The number of carboxylic acids is 1. The van der Waals surface area contributed by atoms with E-state index in [1.807, 2.05) is 13.0 Å². The summed E-state index contributed by atoms with van der Waals surface area (Å²) in [5, 5.41) is 16.0. The molecule has 0 bridgehead atoms. The molecule has 0 fully saturated rings. The average molecular weight is 267 g/mol. The predicted molar refractivity (Wildman–Crippen MR) is 67.0 cm³/mol. The van der Waals surface area contributed by atoms with Crippen LogP contribution in [0, 0.1) is 6.92 Å². The Kier molecular flexibility index (Phi) is 3.53. The fraction of sp³-hybridized carbons (Fsp3) is 0.167. The zero-order valence-corrected chi connectivity index (χ0v) is 10.4. The maximum Gasteiger partial charge on any atom is 0.335 e. The van der Waals surface area contributed by atoms with Gasteiger partial charge in [0.2, 0.25) is 0 Å². The molecule has 0 spiro atoms. The van der Waals surface area contributed by atoms with Crippen LogP contribution < -0.4 is 5.32 Å². The quantitative estimate of drug-likeness (QED) is 0.890. The normalized spacial score (nSPS) is 10.3. The second-order valence-electron chi connectivity index (χ2n) is 3.79. The van der Waals surface area contributed by atoms with Crippen LogP contribution in [0.3, 0.4) is 0 Å². The van der Waals surface area contributed by atoms with Crippen molar-refractivity contribution in [1.82, 2.24) is 5.16 Å². The smallest absolute Gasteiger partial charge is 0.335 e. The maximum atomic E-state index is 10.7. The fourth-order valence-corrected chi connectivity index (χ4v) is 1.72. The third-order valence-electron chi connectivity index (χ3n) is 2.35. The van der Waals surface area contributed by atoms with Gasteiger partial charge in [0.05, 0.1) is 28.5 Å². The minimum atomic E-state index is -1.01. The van der Waals surface area contributed by atoms with E-state index in [1.165, 1.54) is 12.1 Å². The third-order valence-corrected chi connectivity index (χ3v) is 2.66. The van der Waals surface area contributed by atoms with E-state index in [1.54, 1.807) is 6.07 Å². The number of aromatic carboxylic acids is 1. The largest absolute Gasteiger partial charge is 0.478 e. The number of anilines is 1. The third kappa shape index (κ3) is 2.81. The van der Waals surface area contributed by atoms with E-state index in [9.17, 15) is 4.79 Å². The van der Waals surface area contributed by atoms with E-state index in [0.29, 0.717) is 23.0 Å². The van der Waals surface area contributed by atoms with Gasteiger partial charge in [0.25, 0.3) is 0 Å². The van der Waals surface area contributed by atoms with E-state index < -0.39 is 5.97 Å². The second kappa shape index (κ2) is 5.10. The second-order valence-corrected chi connectivity index (χ2v) is 4.20. The standard InChI is InChI=1S/C12H11ClN2O3/c1-7-4-9(18-15-7)6-14-11-3-2-8(12(16)17)5-10(11)13/h2-5,14H,6H2,1H3,(H,16,17). The van der Waals surface area contributed by atoms with Gasteiger partial charge >= 0.3 is 5.97 Å². The average Bonchev–Trinajstić information content (AvgIpc) is 2.73. The number of nitrogens with zero attached hydrogens (tertiary/aromatic N) is 1. The number of benzene rings is 1. The minimum Gasteiger partial charge on any atom is -0.478 e. The van der Waals surface area contributed by atoms with E-state index in [0.717, 1.165) is 5.69 Å². The summed E-state index contributed by atoms with van der Waals surface area (Å²) in [5.41, 5.74) is 1.61. The molecular weight excluding hydrogens is 256 g/mol. The molecule has 0 amide bonds. The van der Waals surface area contributed by atoms with Crippen LogP contribution >= 0.6 is 11.6 Å². The number of halogens is 1. The SMILES string of the molecule is Cc1cc(CNc2ccc(C(=O)O)cc2Cl)on1. The molecule has 5 nitrogen and oxygen atoms in total. The van der Waals surface area contributed by atoms with Crippen LogP contribution in [0.5, 0.6) is 0 Å². The highest BCUT2D eigenvalue weighted by Gasteiger charge is 2.07. The van der Waals surface area contributed by atoms with Crippen LogP contribution in [0.4, 0.5) is 5.69 Å². The van der Waals surface area contributed by atoms with Crippen LogP contribution in [0.1, 0.15) is 21.8 Å². The number of rotatable bonds is 4. The van der Waals surface area contributed by atoms with Crippen molar-refractivity contribution in [3.63, 3.8) is 0 Å². The van der Waals surface area contributed by atoms with Gasteiger partial charge in [0, 0.05) is 6.07 Å². The molecule has 94 valence electrons. The lowest BCUT2D eigenvalue weighted by Gasteiger charge is -2.06. The molecular formula is C12H11ClN2O3. The highest BCUT2D eigenvalue weighted by molar-refractivity contribution is 6.33. The molecule has 2 N–H and O–H groups in total. The molecule has 0 aliphatic heterocycles. The number of aryl methyl sites for hydroxylation is 1. The summed E-state index contributed by atoms with van der Waals surface area (Å²) in [6.45, 7) is 2.27. The van der Waals surface area contributed by atoms with Crippen molar-refractivity contribution in [3.8, 4) is 0 Å². The van der Waals surface area contributed by atoms with Crippen LogP contribution in [0.25, 0.3) is 0 Å². The molecule has 1 aromatic carbocycles. The lowest BCUT2D eigenvalue weighted by atomic mass is 10.2. The van der Waals surface area contributed by atoms with Gasteiger partial charge in [-0.25, -0.2) is 4.79 Å². The van der Waals surface area contributed by atoms with Crippen molar-refractivity contribution in [2.24, 2.45) is 0 Å². The summed E-state index contributed by atoms with van der Waals surface area (Å²) in [5.74, 6) is -0.319. The van der Waals surface area contributed by atoms with Crippen molar-refractivity contribution in [3.05, 3.63) is 46.3 Å². The Morgan fingerprint density at radius 2 is 2.28 bits per heavy atom. The van der Waals surface area contributed by atoms with Gasteiger partial charge in [-0.15, -0.1) is 0 Å². The van der Waals surface area contributed by atoms with Crippen molar-refractivity contribution in [2.75, 3.05) is 5.32 Å². The molecule has 0 saturated heterocycles. The first kappa shape index (κ1) is 12.4. The summed E-state index contributed by atoms with van der Waals surface area (Å²) < 4.78 is 5.04. The summed E-state index contributed by atoms with van der Waals surface area (Å²) in [6.07, 6.45) is 0. The summed E-state index contributed by atoms with van der Waals surface area (Å²) in [6, 6.07) is 6.32. The zero-order valence-electron chi connectivity index (χ0n) is 9.61. The van der Waals surface area contributed by atoms with Gasteiger partial charge in [-0.2, -0.15) is 0 Å². The van der Waals surface area contributed by atoms with Crippen molar-refractivity contribution >= 4 is 23.3 Å². The Morgan fingerprint density at radius 1 is 1.50 bits per heavy atom. The number of hydrogen-bond donors (Lipinski definition) is 2. The Morgan fingerprint density at radius 3 is 2.83 bits per heavy atom. The number of hydrogen-bond acceptors (Lipinski definition) is 4. The molecule has 2 rings (SSSR count). The van der Waals surface area contributed by atoms with E-state index in [-0.39, 0.29) is 5.56 Å². The van der Waals surface area contributed by atoms with Crippen LogP contribution in [-0.4, -0.2) is 16.2 Å². The number of aromatic nitrogens is 1. The van der Waals surface area contributed by atoms with Gasteiger partial charge in [-0.05, 0) is 25.1 Å². The molecule has 0 atom stereocenters. The van der Waals surface area contributed by atoms with E-state index in [4.69, 9.17) is 21.2 Å². The van der Waals surface area contributed by atoms with Crippen LogP contribution in [0.15, 0.2) is 28.8 Å². The molecule has 0 radical (unpaired) electrons. The highest BCUT2D eigenvalue weighted by Crippen LogP contribution is 2.23. The van der Waals surface area contributed by atoms with Crippen LogP contribution in [-0.2, 0) is 6.54 Å². The van der Waals surface area contributed by atoms with Gasteiger partial charge < -0.3 is 14.9 Å². The van der Waals surface area contributed by atoms with Gasteiger partial charge in [-0.1, -0.05) is 16.8 Å². The summed E-state index contributed by atoms with van der Waals surface area (Å²) >= 11 is 5.97. The molecule has 0 aliphatic rings. The van der Waals surface area contributed by atoms with Gasteiger partial charge in [-0.3, -0.25) is 0 Å². The molecule has 1 aromatic heterocycles. The van der Waals surface area contributed by atoms with Crippen molar-refractivity contribution < 1.29 is 14.4 Å². The Balaban J connectivity index is 2.08. The molecule has 0 aliphatic carbocycles. The van der Waals surface area contributed by atoms with Crippen molar-refractivity contribution in [1.29, 1.82) is 0 Å². The number of nitrogens with one attached hydrogen (secondary N) is 1. The monoisotopic (exact) mass is 266 g/mol. The summed E-state index contributed by atoms with van der Waals surface area (Å²) in [4.78, 5) is 10.7. The Bertz CT molecular complexity index is 580. The molecule has 0 saturated carbocycles. The molecule has 18 heavy (non-hydrogen) atoms. The van der Waals surface area contributed by atoms with Gasteiger partial charge in [0.1, 0.15) is 0 Å². The molecule has 6 heteroatoms. The molecule has 1 heterocycles. The highest BCUT2D eigenvalue weighted by atomic mass is 35.5. The van der Waals surface area contributed by atoms with E-state index >= 15 is 0 Å². The molecule has 2 aromatic rings. The number of carbonyl (C=O) groups is 1. The zero-order chi connectivity index (χ0) is 13.1. The first-order chi connectivity index (χ1) is 8.56. The van der Waals surface area contributed by atoms with Gasteiger partial charge in [0.15, 0.2) is 5.76 Å². The lowest BCUT2D eigenvalue weighted by molar-refractivity contribution is 0.0697. The van der Waals surface area contributed by atoms with Crippen molar-refractivity contribution in [2.45, 2.75) is 13.5 Å². The summed E-state index contributed by atoms with van der Waals surface area (Å²) in [7, 11) is 0. The molecule has 0 unspecified atom stereocenters. The minimum absolute atomic E-state index is 0.154. The Labute approximate surface area is 108 Å². The van der Waals surface area contributed by atoms with Crippen LogP contribution in [0.2, 0.25) is 5.02 Å². The fourth-order valence-electron chi connectivity index (χ4n) is 1.47. The maximum absolute atomic E-state index is 10.7. The number of carboxylic acid groups (broad SMARTS) is 1. The van der Waals surface area contributed by atoms with E-state index in [2.05, 4.69) is 10.5 Å².